The quantitative estimate of drug-likeness (QED) is 0.713. The number of aromatic nitrogens is 3. The van der Waals surface area contributed by atoms with Gasteiger partial charge in [-0.1, -0.05) is 0 Å². The van der Waals surface area contributed by atoms with E-state index in [1.807, 2.05) is 0 Å². The number of nitrogen functional groups attached to an aromatic ring is 1. The van der Waals surface area contributed by atoms with Crippen molar-refractivity contribution in [2.75, 3.05) is 5.73 Å². The van der Waals surface area contributed by atoms with Gasteiger partial charge in [-0.25, -0.2) is 9.97 Å². The molecule has 0 fully saturated rings. The van der Waals surface area contributed by atoms with Gasteiger partial charge in [-0.15, -0.1) is 0 Å². The number of rotatable bonds is 1. The molecule has 2 heterocycles. The fourth-order valence-corrected chi connectivity index (χ4v) is 1.27. The fourth-order valence-electron chi connectivity index (χ4n) is 1.27. The van der Waals surface area contributed by atoms with Gasteiger partial charge in [0.25, 0.3) is 5.56 Å². The van der Waals surface area contributed by atoms with E-state index in [4.69, 9.17) is 5.73 Å². The summed E-state index contributed by atoms with van der Waals surface area (Å²) in [4.78, 5) is 21.8. The summed E-state index contributed by atoms with van der Waals surface area (Å²) in [6.45, 7) is 1.80. The number of nitrogens with two attached hydrogens (primary N) is 1. The minimum atomic E-state index is -0.287. The maximum Gasteiger partial charge on any atom is 0.271 e. The van der Waals surface area contributed by atoms with Crippen LogP contribution in [0.5, 0.6) is 0 Å². The van der Waals surface area contributed by atoms with Crippen LogP contribution in [0.4, 0.5) is 5.69 Å². The number of anilines is 1. The average Bonchev–Trinajstić information content (AvgIpc) is 2.22. The van der Waals surface area contributed by atoms with Gasteiger partial charge in [0.05, 0.1) is 11.4 Å². The van der Waals surface area contributed by atoms with Crippen molar-refractivity contribution in [2.45, 2.75) is 6.92 Å². The minimum Gasteiger partial charge on any atom is -0.394 e. The van der Waals surface area contributed by atoms with Gasteiger partial charge >= 0.3 is 0 Å². The number of hydrogen-bond donors (Lipinski definition) is 2. The highest BCUT2D eigenvalue weighted by molar-refractivity contribution is 5.61. The second-order valence-corrected chi connectivity index (χ2v) is 3.16. The number of H-pyrrole nitrogens is 1. The van der Waals surface area contributed by atoms with E-state index in [9.17, 15) is 4.79 Å². The van der Waals surface area contributed by atoms with Gasteiger partial charge in [0.1, 0.15) is 5.82 Å². The van der Waals surface area contributed by atoms with E-state index in [-0.39, 0.29) is 11.2 Å². The zero-order valence-electron chi connectivity index (χ0n) is 8.19. The van der Waals surface area contributed by atoms with E-state index in [1.165, 1.54) is 0 Å². The maximum absolute atomic E-state index is 11.1. The average molecular weight is 202 g/mol. The van der Waals surface area contributed by atoms with E-state index < -0.39 is 0 Å². The van der Waals surface area contributed by atoms with Crippen LogP contribution in [0.2, 0.25) is 0 Å². The topological polar surface area (TPSA) is 84.7 Å². The van der Waals surface area contributed by atoms with Gasteiger partial charge in [0.2, 0.25) is 0 Å². The highest BCUT2D eigenvalue weighted by atomic mass is 16.1. The van der Waals surface area contributed by atoms with Gasteiger partial charge < -0.3 is 10.7 Å². The SMILES string of the molecule is Cc1nccc(-c2c[nH]c(=O)c(N)c2)n1. The van der Waals surface area contributed by atoms with Crippen molar-refractivity contribution in [3.8, 4) is 11.3 Å². The highest BCUT2D eigenvalue weighted by Gasteiger charge is 2.02. The molecule has 0 unspecified atom stereocenters. The van der Waals surface area contributed by atoms with Crippen LogP contribution in [-0.4, -0.2) is 15.0 Å². The number of pyridine rings is 1. The van der Waals surface area contributed by atoms with Crippen LogP contribution >= 0.6 is 0 Å². The van der Waals surface area contributed by atoms with Crippen LogP contribution in [0, 0.1) is 6.92 Å². The summed E-state index contributed by atoms with van der Waals surface area (Å²) in [5, 5.41) is 0. The lowest BCUT2D eigenvalue weighted by molar-refractivity contribution is 1.06. The van der Waals surface area contributed by atoms with Crippen molar-refractivity contribution in [1.29, 1.82) is 0 Å². The molecule has 2 rings (SSSR count). The normalized spacial score (nSPS) is 10.2. The predicted octanol–water partition coefficient (Wildman–Crippen LogP) is 0.723. The Labute approximate surface area is 86.0 Å². The third-order valence-corrected chi connectivity index (χ3v) is 2.00. The summed E-state index contributed by atoms with van der Waals surface area (Å²) in [5.74, 6) is 0.678. The molecule has 0 saturated heterocycles. The van der Waals surface area contributed by atoms with Crippen molar-refractivity contribution < 1.29 is 0 Å². The lowest BCUT2D eigenvalue weighted by Crippen LogP contribution is -2.10. The Morgan fingerprint density at radius 1 is 1.47 bits per heavy atom. The van der Waals surface area contributed by atoms with E-state index in [0.29, 0.717) is 5.82 Å². The molecule has 0 aliphatic rings. The summed E-state index contributed by atoms with van der Waals surface area (Å²) in [7, 11) is 0. The first-order chi connectivity index (χ1) is 7.16. The van der Waals surface area contributed by atoms with Crippen LogP contribution in [0.25, 0.3) is 11.3 Å². The van der Waals surface area contributed by atoms with E-state index in [0.717, 1.165) is 11.3 Å². The van der Waals surface area contributed by atoms with Crippen molar-refractivity contribution in [3.05, 3.63) is 40.7 Å². The third-order valence-electron chi connectivity index (χ3n) is 2.00. The molecule has 2 aromatic heterocycles. The van der Waals surface area contributed by atoms with E-state index >= 15 is 0 Å². The molecule has 2 aromatic rings. The van der Waals surface area contributed by atoms with Gasteiger partial charge in [-0.05, 0) is 19.1 Å². The molecular formula is C10H10N4O. The van der Waals surface area contributed by atoms with Gasteiger partial charge in [-0.2, -0.15) is 0 Å². The maximum atomic E-state index is 11.1. The molecule has 76 valence electrons. The molecule has 0 atom stereocenters. The zero-order chi connectivity index (χ0) is 10.8. The number of aromatic amines is 1. The molecule has 5 nitrogen and oxygen atoms in total. The van der Waals surface area contributed by atoms with Crippen molar-refractivity contribution in [3.63, 3.8) is 0 Å². The Morgan fingerprint density at radius 2 is 2.27 bits per heavy atom. The Kier molecular flexibility index (Phi) is 2.21. The molecule has 0 aromatic carbocycles. The first kappa shape index (κ1) is 9.39. The van der Waals surface area contributed by atoms with Crippen LogP contribution in [0.1, 0.15) is 5.82 Å². The number of nitrogens with one attached hydrogen (secondary N) is 1. The second kappa shape index (κ2) is 3.53. The van der Waals surface area contributed by atoms with Crippen LogP contribution in [0.3, 0.4) is 0 Å². The van der Waals surface area contributed by atoms with Gasteiger partial charge in [0.15, 0.2) is 0 Å². The lowest BCUT2D eigenvalue weighted by Gasteiger charge is -2.01. The highest BCUT2D eigenvalue weighted by Crippen LogP contribution is 2.15. The Bertz CT molecular complexity index is 547. The molecule has 3 N–H and O–H groups in total. The van der Waals surface area contributed by atoms with Crippen molar-refractivity contribution >= 4 is 5.69 Å². The summed E-state index contributed by atoms with van der Waals surface area (Å²) in [5.41, 5.74) is 6.92. The molecule has 0 saturated carbocycles. The Morgan fingerprint density at radius 3 is 2.93 bits per heavy atom. The first-order valence-electron chi connectivity index (χ1n) is 4.45. The molecular weight excluding hydrogens is 192 g/mol. The monoisotopic (exact) mass is 202 g/mol. The van der Waals surface area contributed by atoms with Gasteiger partial charge in [-0.3, -0.25) is 4.79 Å². The Balaban J connectivity index is 2.55. The van der Waals surface area contributed by atoms with Crippen molar-refractivity contribution in [1.82, 2.24) is 15.0 Å². The largest absolute Gasteiger partial charge is 0.394 e. The third kappa shape index (κ3) is 1.85. The summed E-state index contributed by atoms with van der Waals surface area (Å²) in [6, 6.07) is 3.36. The smallest absolute Gasteiger partial charge is 0.271 e. The predicted molar refractivity (Wildman–Crippen MR) is 57.2 cm³/mol. The molecule has 0 aliphatic carbocycles. The van der Waals surface area contributed by atoms with Gasteiger partial charge in [0, 0.05) is 18.0 Å². The van der Waals surface area contributed by atoms with Crippen LogP contribution in [0.15, 0.2) is 29.3 Å². The summed E-state index contributed by atoms with van der Waals surface area (Å²) < 4.78 is 0. The van der Waals surface area contributed by atoms with Crippen molar-refractivity contribution in [2.24, 2.45) is 0 Å². The number of nitrogens with zero attached hydrogens (tertiary/aromatic N) is 2. The van der Waals surface area contributed by atoms with E-state index in [1.54, 1.807) is 31.5 Å². The zero-order valence-corrected chi connectivity index (χ0v) is 8.19. The summed E-state index contributed by atoms with van der Waals surface area (Å²) >= 11 is 0. The molecule has 15 heavy (non-hydrogen) atoms. The van der Waals surface area contributed by atoms with Crippen LogP contribution in [-0.2, 0) is 0 Å². The minimum absolute atomic E-state index is 0.184. The number of hydrogen-bond acceptors (Lipinski definition) is 4. The molecule has 0 bridgehead atoms. The standard InChI is InChI=1S/C10H10N4O/c1-6-12-3-2-9(14-6)7-4-8(11)10(15)13-5-7/h2-5H,11H2,1H3,(H,13,15). The second-order valence-electron chi connectivity index (χ2n) is 3.16. The lowest BCUT2D eigenvalue weighted by atomic mass is 10.2. The first-order valence-corrected chi connectivity index (χ1v) is 4.45. The molecule has 0 radical (unpaired) electrons. The molecule has 5 heteroatoms. The molecule has 0 amide bonds. The number of aryl methyl sites for hydroxylation is 1. The molecule has 0 spiro atoms. The van der Waals surface area contributed by atoms with E-state index in [2.05, 4.69) is 15.0 Å². The van der Waals surface area contributed by atoms with Crippen LogP contribution < -0.4 is 11.3 Å². The molecule has 0 aliphatic heterocycles. The fraction of sp³-hybridized carbons (Fsp3) is 0.100. The summed E-state index contributed by atoms with van der Waals surface area (Å²) in [6.07, 6.45) is 3.25. The Hall–Kier alpha value is -2.17.